The summed E-state index contributed by atoms with van der Waals surface area (Å²) in [6.45, 7) is 0.586. The fourth-order valence-electron chi connectivity index (χ4n) is 3.70. The summed E-state index contributed by atoms with van der Waals surface area (Å²) in [5, 5.41) is 3.25. The summed E-state index contributed by atoms with van der Waals surface area (Å²) in [6, 6.07) is -0.204. The van der Waals surface area contributed by atoms with Crippen molar-refractivity contribution >= 4 is 10.0 Å². The SMILES string of the molecule is CS(=O)(=O)N[C@@H]1CCC[C@@H]1CN[C@@H]1CCC[C@@H](C(F)(F)F)C1. The molecule has 0 unspecified atom stereocenters. The summed E-state index contributed by atoms with van der Waals surface area (Å²) in [4.78, 5) is 0. The topological polar surface area (TPSA) is 58.2 Å². The highest BCUT2D eigenvalue weighted by Crippen LogP contribution is 2.37. The fourth-order valence-corrected chi connectivity index (χ4v) is 4.56. The molecule has 0 saturated heterocycles. The molecule has 2 fully saturated rings. The number of sulfonamides is 1. The van der Waals surface area contributed by atoms with Gasteiger partial charge < -0.3 is 5.32 Å². The number of nitrogens with one attached hydrogen (secondary N) is 2. The third-order valence-corrected chi connectivity index (χ3v) is 5.56. The molecule has 0 bridgehead atoms. The maximum Gasteiger partial charge on any atom is 0.391 e. The Morgan fingerprint density at radius 1 is 1.09 bits per heavy atom. The van der Waals surface area contributed by atoms with Gasteiger partial charge >= 0.3 is 6.18 Å². The van der Waals surface area contributed by atoms with Crippen LogP contribution in [0.1, 0.15) is 44.9 Å². The van der Waals surface area contributed by atoms with E-state index >= 15 is 0 Å². The summed E-state index contributed by atoms with van der Waals surface area (Å²) in [5.74, 6) is -1.03. The van der Waals surface area contributed by atoms with Gasteiger partial charge in [0.15, 0.2) is 0 Å². The number of halogens is 3. The van der Waals surface area contributed by atoms with Crippen molar-refractivity contribution in [3.8, 4) is 0 Å². The molecule has 0 aromatic heterocycles. The molecule has 22 heavy (non-hydrogen) atoms. The molecule has 0 aromatic carbocycles. The minimum Gasteiger partial charge on any atom is -0.314 e. The monoisotopic (exact) mass is 342 g/mol. The van der Waals surface area contributed by atoms with Gasteiger partial charge in [0.1, 0.15) is 0 Å². The Bertz CT molecular complexity index is 467. The van der Waals surface area contributed by atoms with Gasteiger partial charge in [-0.05, 0) is 44.6 Å². The Balaban J connectivity index is 1.82. The van der Waals surface area contributed by atoms with Gasteiger partial charge in [0, 0.05) is 12.1 Å². The molecular weight excluding hydrogens is 317 g/mol. The second-order valence-corrected chi connectivity index (χ2v) is 8.48. The van der Waals surface area contributed by atoms with Crippen molar-refractivity contribution in [1.29, 1.82) is 0 Å². The lowest BCUT2D eigenvalue weighted by molar-refractivity contribution is -0.183. The molecule has 0 amide bonds. The predicted octanol–water partition coefficient (Wildman–Crippen LogP) is 2.42. The molecule has 4 atom stereocenters. The standard InChI is InChI=1S/C14H25F3N2O2S/c1-22(20,21)19-13-7-2-4-10(13)9-18-12-6-3-5-11(8-12)14(15,16)17/h10-13,18-19H,2-9H2,1H3/t10-,11-,12-,13-/m1/s1. The summed E-state index contributed by atoms with van der Waals surface area (Å²) < 4.78 is 63.7. The Morgan fingerprint density at radius 2 is 1.77 bits per heavy atom. The van der Waals surface area contributed by atoms with E-state index in [0.29, 0.717) is 13.0 Å². The summed E-state index contributed by atoms with van der Waals surface area (Å²) >= 11 is 0. The molecular formula is C14H25F3N2O2S. The smallest absolute Gasteiger partial charge is 0.314 e. The van der Waals surface area contributed by atoms with E-state index < -0.39 is 22.1 Å². The molecule has 2 N–H and O–H groups in total. The quantitative estimate of drug-likeness (QED) is 0.807. The van der Waals surface area contributed by atoms with Gasteiger partial charge in [0.25, 0.3) is 0 Å². The molecule has 4 nitrogen and oxygen atoms in total. The molecule has 0 aliphatic heterocycles. The number of hydrogen-bond donors (Lipinski definition) is 2. The molecule has 2 aliphatic rings. The van der Waals surface area contributed by atoms with Crippen LogP contribution in [0.4, 0.5) is 13.2 Å². The zero-order chi connectivity index (χ0) is 16.4. The van der Waals surface area contributed by atoms with Gasteiger partial charge in [-0.15, -0.1) is 0 Å². The van der Waals surface area contributed by atoms with Crippen LogP contribution < -0.4 is 10.0 Å². The van der Waals surface area contributed by atoms with Crippen molar-refractivity contribution in [1.82, 2.24) is 10.0 Å². The van der Waals surface area contributed by atoms with Gasteiger partial charge in [-0.1, -0.05) is 12.8 Å². The lowest BCUT2D eigenvalue weighted by atomic mass is 9.85. The second kappa shape index (κ2) is 7.05. The molecule has 0 heterocycles. The number of rotatable bonds is 5. The van der Waals surface area contributed by atoms with Crippen molar-refractivity contribution in [2.75, 3.05) is 12.8 Å². The molecule has 8 heteroatoms. The van der Waals surface area contributed by atoms with Crippen LogP contribution in [0.2, 0.25) is 0 Å². The van der Waals surface area contributed by atoms with E-state index in [1.54, 1.807) is 0 Å². The zero-order valence-corrected chi connectivity index (χ0v) is 13.6. The van der Waals surface area contributed by atoms with Crippen LogP contribution in [0.25, 0.3) is 0 Å². The van der Waals surface area contributed by atoms with Crippen LogP contribution in [0, 0.1) is 11.8 Å². The maximum absolute atomic E-state index is 12.8. The fraction of sp³-hybridized carbons (Fsp3) is 1.00. The van der Waals surface area contributed by atoms with Gasteiger partial charge in [-0.3, -0.25) is 0 Å². The first kappa shape index (κ1) is 18.0. The van der Waals surface area contributed by atoms with Crippen molar-refractivity contribution in [3.63, 3.8) is 0 Å². The first-order valence-corrected chi connectivity index (χ1v) is 9.81. The average Bonchev–Trinajstić information content (AvgIpc) is 2.81. The Hall–Kier alpha value is -0.340. The highest BCUT2D eigenvalue weighted by Gasteiger charge is 2.42. The van der Waals surface area contributed by atoms with Crippen molar-refractivity contribution in [2.24, 2.45) is 11.8 Å². The largest absolute Gasteiger partial charge is 0.391 e. The third-order valence-electron chi connectivity index (χ3n) is 4.83. The van der Waals surface area contributed by atoms with Crippen LogP contribution in [0.5, 0.6) is 0 Å². The molecule has 130 valence electrons. The van der Waals surface area contributed by atoms with Crippen molar-refractivity contribution in [3.05, 3.63) is 0 Å². The molecule has 0 spiro atoms. The second-order valence-electron chi connectivity index (χ2n) is 6.70. The van der Waals surface area contributed by atoms with E-state index in [1.165, 1.54) is 0 Å². The Labute approximate surface area is 130 Å². The Morgan fingerprint density at radius 3 is 2.41 bits per heavy atom. The number of alkyl halides is 3. The highest BCUT2D eigenvalue weighted by atomic mass is 32.2. The minimum atomic E-state index is -4.10. The van der Waals surface area contributed by atoms with E-state index in [4.69, 9.17) is 0 Å². The van der Waals surface area contributed by atoms with Crippen LogP contribution in [-0.4, -0.2) is 39.5 Å². The number of hydrogen-bond acceptors (Lipinski definition) is 3. The van der Waals surface area contributed by atoms with Gasteiger partial charge in [-0.25, -0.2) is 13.1 Å². The Kier molecular flexibility index (Phi) is 5.77. The van der Waals surface area contributed by atoms with Gasteiger partial charge in [0.2, 0.25) is 10.0 Å². The van der Waals surface area contributed by atoms with Crippen LogP contribution in [-0.2, 0) is 10.0 Å². The molecule has 2 saturated carbocycles. The first-order chi connectivity index (χ1) is 10.1. The lowest BCUT2D eigenvalue weighted by Crippen LogP contribution is -2.44. The summed E-state index contributed by atoms with van der Waals surface area (Å²) in [6.07, 6.45) is 1.43. The molecule has 0 radical (unpaired) electrons. The third kappa shape index (κ3) is 5.38. The van der Waals surface area contributed by atoms with E-state index in [2.05, 4.69) is 10.0 Å². The van der Waals surface area contributed by atoms with E-state index in [-0.39, 0.29) is 30.8 Å². The van der Waals surface area contributed by atoms with Gasteiger partial charge in [-0.2, -0.15) is 13.2 Å². The zero-order valence-electron chi connectivity index (χ0n) is 12.8. The minimum absolute atomic E-state index is 0.0931. The average molecular weight is 342 g/mol. The predicted molar refractivity (Wildman–Crippen MR) is 78.9 cm³/mol. The van der Waals surface area contributed by atoms with E-state index in [0.717, 1.165) is 31.9 Å². The van der Waals surface area contributed by atoms with Crippen molar-refractivity contribution in [2.45, 2.75) is 63.2 Å². The molecule has 2 rings (SSSR count). The summed E-state index contributed by atoms with van der Waals surface area (Å²) in [7, 11) is -3.24. The van der Waals surface area contributed by atoms with Crippen molar-refractivity contribution < 1.29 is 21.6 Å². The maximum atomic E-state index is 12.8. The lowest BCUT2D eigenvalue weighted by Gasteiger charge is -2.32. The highest BCUT2D eigenvalue weighted by molar-refractivity contribution is 7.88. The first-order valence-electron chi connectivity index (χ1n) is 7.92. The van der Waals surface area contributed by atoms with E-state index in [9.17, 15) is 21.6 Å². The summed E-state index contributed by atoms with van der Waals surface area (Å²) in [5.41, 5.74) is 0. The molecule has 2 aliphatic carbocycles. The van der Waals surface area contributed by atoms with Crippen LogP contribution in [0.3, 0.4) is 0 Å². The molecule has 0 aromatic rings. The van der Waals surface area contributed by atoms with E-state index in [1.807, 2.05) is 0 Å². The van der Waals surface area contributed by atoms with Crippen LogP contribution in [0.15, 0.2) is 0 Å². The normalized spacial score (nSPS) is 34.0. The van der Waals surface area contributed by atoms with Crippen LogP contribution >= 0.6 is 0 Å². The van der Waals surface area contributed by atoms with Gasteiger partial charge in [0.05, 0.1) is 12.2 Å².